The molecule has 4 nitrogen and oxygen atoms in total. The van der Waals surface area contributed by atoms with Gasteiger partial charge < -0.3 is 10.1 Å². The Morgan fingerprint density at radius 1 is 1.29 bits per heavy atom. The Morgan fingerprint density at radius 2 is 2.00 bits per heavy atom. The SMILES string of the molecule is CCCCNC(=S)N/N=C(/C)CCc1ccc(OC)cc1. The topological polar surface area (TPSA) is 45.7 Å². The minimum Gasteiger partial charge on any atom is -0.497 e. The van der Waals surface area contributed by atoms with Crippen molar-refractivity contribution in [1.29, 1.82) is 0 Å². The van der Waals surface area contributed by atoms with Crippen LogP contribution in [0.15, 0.2) is 29.4 Å². The lowest BCUT2D eigenvalue weighted by atomic mass is 10.1. The standard InChI is InChI=1S/C16H25N3OS/c1-4-5-12-17-16(21)19-18-13(2)6-7-14-8-10-15(20-3)11-9-14/h8-11H,4-7,12H2,1-3H3,(H2,17,19,21)/b18-13-. The second kappa shape index (κ2) is 10.2. The van der Waals surface area contributed by atoms with Gasteiger partial charge in [0, 0.05) is 12.3 Å². The molecule has 0 bridgehead atoms. The van der Waals surface area contributed by atoms with Crippen LogP contribution in [-0.4, -0.2) is 24.5 Å². The van der Waals surface area contributed by atoms with E-state index in [1.807, 2.05) is 19.1 Å². The number of hydrazone groups is 1. The van der Waals surface area contributed by atoms with Crippen LogP contribution in [0.5, 0.6) is 5.75 Å². The lowest BCUT2D eigenvalue weighted by Crippen LogP contribution is -2.33. The van der Waals surface area contributed by atoms with Crippen LogP contribution in [0.4, 0.5) is 0 Å². The molecular weight excluding hydrogens is 282 g/mol. The number of ether oxygens (including phenoxy) is 1. The Hall–Kier alpha value is -1.62. The predicted octanol–water partition coefficient (Wildman–Crippen LogP) is 3.27. The summed E-state index contributed by atoms with van der Waals surface area (Å²) in [5, 5.41) is 8.00. The van der Waals surface area contributed by atoms with Crippen LogP contribution in [0.3, 0.4) is 0 Å². The molecule has 0 aliphatic heterocycles. The van der Waals surface area contributed by atoms with E-state index in [4.69, 9.17) is 17.0 Å². The van der Waals surface area contributed by atoms with E-state index >= 15 is 0 Å². The molecule has 0 aromatic heterocycles. The molecule has 5 heteroatoms. The van der Waals surface area contributed by atoms with Crippen molar-refractivity contribution in [2.75, 3.05) is 13.7 Å². The number of hydrogen-bond donors (Lipinski definition) is 2. The van der Waals surface area contributed by atoms with Gasteiger partial charge in [-0.2, -0.15) is 5.10 Å². The number of rotatable bonds is 8. The van der Waals surface area contributed by atoms with Gasteiger partial charge in [0.15, 0.2) is 5.11 Å². The largest absolute Gasteiger partial charge is 0.497 e. The fourth-order valence-electron chi connectivity index (χ4n) is 1.74. The highest BCUT2D eigenvalue weighted by atomic mass is 32.1. The first-order valence-corrected chi connectivity index (χ1v) is 7.76. The minimum atomic E-state index is 0.590. The summed E-state index contributed by atoms with van der Waals surface area (Å²) in [5.74, 6) is 0.884. The fourth-order valence-corrected chi connectivity index (χ4v) is 1.89. The summed E-state index contributed by atoms with van der Waals surface area (Å²) in [6, 6.07) is 8.12. The molecule has 1 aromatic carbocycles. The summed E-state index contributed by atoms with van der Waals surface area (Å²) < 4.78 is 5.14. The average Bonchev–Trinajstić information content (AvgIpc) is 2.51. The third-order valence-electron chi connectivity index (χ3n) is 3.10. The molecule has 0 atom stereocenters. The van der Waals surface area contributed by atoms with Crippen molar-refractivity contribution in [3.8, 4) is 5.75 Å². The summed E-state index contributed by atoms with van der Waals surface area (Å²) >= 11 is 5.15. The first kappa shape index (κ1) is 17.4. The van der Waals surface area contributed by atoms with Gasteiger partial charge in [-0.1, -0.05) is 25.5 Å². The van der Waals surface area contributed by atoms with Gasteiger partial charge in [-0.25, -0.2) is 0 Å². The van der Waals surface area contributed by atoms with Gasteiger partial charge in [0.1, 0.15) is 5.75 Å². The molecule has 0 heterocycles. The summed E-state index contributed by atoms with van der Waals surface area (Å²) in [7, 11) is 1.68. The third-order valence-corrected chi connectivity index (χ3v) is 3.33. The van der Waals surface area contributed by atoms with Gasteiger partial charge in [-0.05, 0) is 56.1 Å². The van der Waals surface area contributed by atoms with E-state index in [-0.39, 0.29) is 0 Å². The van der Waals surface area contributed by atoms with E-state index in [2.05, 4.69) is 34.9 Å². The molecule has 21 heavy (non-hydrogen) atoms. The zero-order valence-electron chi connectivity index (χ0n) is 13.1. The summed E-state index contributed by atoms with van der Waals surface area (Å²) in [6.07, 6.45) is 4.12. The van der Waals surface area contributed by atoms with Crippen LogP contribution in [0.1, 0.15) is 38.7 Å². The molecule has 1 rings (SSSR count). The fraction of sp³-hybridized carbons (Fsp3) is 0.500. The molecule has 0 saturated carbocycles. The molecule has 116 valence electrons. The lowest BCUT2D eigenvalue weighted by molar-refractivity contribution is 0.414. The van der Waals surface area contributed by atoms with E-state index in [1.54, 1.807) is 7.11 Å². The van der Waals surface area contributed by atoms with Crippen LogP contribution in [-0.2, 0) is 6.42 Å². The summed E-state index contributed by atoms with van der Waals surface area (Å²) in [6.45, 7) is 5.05. The van der Waals surface area contributed by atoms with Gasteiger partial charge in [-0.15, -0.1) is 0 Å². The maximum atomic E-state index is 5.15. The summed E-state index contributed by atoms with van der Waals surface area (Å²) in [4.78, 5) is 0. The number of nitrogens with one attached hydrogen (secondary N) is 2. The van der Waals surface area contributed by atoms with E-state index in [9.17, 15) is 0 Å². The van der Waals surface area contributed by atoms with Crippen molar-refractivity contribution in [1.82, 2.24) is 10.7 Å². The number of methoxy groups -OCH3 is 1. The monoisotopic (exact) mass is 307 g/mol. The smallest absolute Gasteiger partial charge is 0.186 e. The molecule has 2 N–H and O–H groups in total. The number of benzene rings is 1. The highest BCUT2D eigenvalue weighted by Gasteiger charge is 1.98. The number of thiocarbonyl (C=S) groups is 1. The molecule has 0 fully saturated rings. The van der Waals surface area contributed by atoms with Crippen molar-refractivity contribution in [2.45, 2.75) is 39.5 Å². The minimum absolute atomic E-state index is 0.590. The van der Waals surface area contributed by atoms with Crippen molar-refractivity contribution in [3.63, 3.8) is 0 Å². The van der Waals surface area contributed by atoms with E-state index in [0.717, 1.165) is 43.7 Å². The Balaban J connectivity index is 2.29. The first-order valence-electron chi connectivity index (χ1n) is 7.35. The number of unbranched alkanes of at least 4 members (excludes halogenated alkanes) is 1. The van der Waals surface area contributed by atoms with Crippen LogP contribution in [0, 0.1) is 0 Å². The summed E-state index contributed by atoms with van der Waals surface area (Å²) in [5.41, 5.74) is 5.19. The molecule has 0 amide bonds. The number of nitrogens with zero attached hydrogens (tertiary/aromatic N) is 1. The highest BCUT2D eigenvalue weighted by Crippen LogP contribution is 2.12. The van der Waals surface area contributed by atoms with Gasteiger partial charge in [0.2, 0.25) is 0 Å². The second-order valence-electron chi connectivity index (χ2n) is 4.92. The van der Waals surface area contributed by atoms with Crippen LogP contribution in [0.2, 0.25) is 0 Å². The van der Waals surface area contributed by atoms with Crippen LogP contribution in [0.25, 0.3) is 0 Å². The average molecular weight is 307 g/mol. The van der Waals surface area contributed by atoms with Crippen molar-refractivity contribution in [2.24, 2.45) is 5.10 Å². The molecule has 0 spiro atoms. The number of hydrogen-bond acceptors (Lipinski definition) is 3. The normalized spacial score (nSPS) is 11.1. The Labute approximate surface area is 133 Å². The quantitative estimate of drug-likeness (QED) is 0.335. The molecule has 0 aliphatic carbocycles. The maximum absolute atomic E-state index is 5.15. The number of aryl methyl sites for hydroxylation is 1. The van der Waals surface area contributed by atoms with E-state index in [1.165, 1.54) is 5.56 Å². The molecular formula is C16H25N3OS. The van der Waals surface area contributed by atoms with Crippen molar-refractivity contribution in [3.05, 3.63) is 29.8 Å². The maximum Gasteiger partial charge on any atom is 0.186 e. The molecule has 1 aromatic rings. The zero-order valence-corrected chi connectivity index (χ0v) is 13.9. The third kappa shape index (κ3) is 7.66. The van der Waals surface area contributed by atoms with Gasteiger partial charge in [0.25, 0.3) is 0 Å². The van der Waals surface area contributed by atoms with Crippen molar-refractivity contribution < 1.29 is 4.74 Å². The molecule has 0 radical (unpaired) electrons. The van der Waals surface area contributed by atoms with Gasteiger partial charge >= 0.3 is 0 Å². The van der Waals surface area contributed by atoms with E-state index < -0.39 is 0 Å². The Morgan fingerprint density at radius 3 is 2.62 bits per heavy atom. The highest BCUT2D eigenvalue weighted by molar-refractivity contribution is 7.80. The molecule has 0 unspecified atom stereocenters. The Kier molecular flexibility index (Phi) is 8.43. The van der Waals surface area contributed by atoms with Crippen LogP contribution < -0.4 is 15.5 Å². The predicted molar refractivity (Wildman–Crippen MR) is 93.1 cm³/mol. The van der Waals surface area contributed by atoms with Gasteiger partial charge in [0.05, 0.1) is 7.11 Å². The lowest BCUT2D eigenvalue weighted by Gasteiger charge is -2.07. The first-order chi connectivity index (χ1) is 10.2. The Bertz CT molecular complexity index is 457. The molecule has 0 saturated heterocycles. The van der Waals surface area contributed by atoms with Crippen LogP contribution >= 0.6 is 12.2 Å². The zero-order chi connectivity index (χ0) is 15.5. The van der Waals surface area contributed by atoms with Crippen molar-refractivity contribution >= 4 is 23.0 Å². The van der Waals surface area contributed by atoms with Gasteiger partial charge in [-0.3, -0.25) is 5.43 Å². The van der Waals surface area contributed by atoms with E-state index in [0.29, 0.717) is 5.11 Å². The second-order valence-corrected chi connectivity index (χ2v) is 5.32. The molecule has 0 aliphatic rings.